The Hall–Kier alpha value is -2.54. The highest BCUT2D eigenvalue weighted by molar-refractivity contribution is 7.91. The molecule has 2 aromatic carbocycles. The van der Waals surface area contributed by atoms with Gasteiger partial charge in [-0.25, -0.2) is 12.8 Å². The molecule has 3 rings (SSSR count). The van der Waals surface area contributed by atoms with Crippen LogP contribution in [0.4, 0.5) is 4.39 Å². The summed E-state index contributed by atoms with van der Waals surface area (Å²) in [6, 6.07) is 6.43. The molecule has 0 saturated heterocycles. The van der Waals surface area contributed by atoms with Crippen LogP contribution >= 0.6 is 0 Å². The van der Waals surface area contributed by atoms with Crippen LogP contribution in [0.25, 0.3) is 0 Å². The largest absolute Gasteiger partial charge is 0.366 e. The molecule has 0 unspecified atom stereocenters. The Kier molecular flexibility index (Phi) is 2.70. The number of fused-ring (bicyclic) bond motifs is 2. The quantitative estimate of drug-likeness (QED) is 0.686. The van der Waals surface area contributed by atoms with E-state index in [0.717, 1.165) is 24.3 Å². The minimum Gasteiger partial charge on any atom is -0.366 e. The maximum atomic E-state index is 13.3. The van der Waals surface area contributed by atoms with Crippen LogP contribution < -0.4 is 5.73 Å². The number of sulfone groups is 1. The van der Waals surface area contributed by atoms with Crippen LogP contribution in [0.5, 0.6) is 0 Å². The number of hydrogen-bond donors (Lipinski definition) is 1. The number of ketones is 1. The van der Waals surface area contributed by atoms with Gasteiger partial charge in [0.25, 0.3) is 0 Å². The monoisotopic (exact) mass is 305 g/mol. The Morgan fingerprint density at radius 3 is 2.38 bits per heavy atom. The summed E-state index contributed by atoms with van der Waals surface area (Å²) >= 11 is 0. The van der Waals surface area contributed by atoms with Crippen LogP contribution in [0.3, 0.4) is 0 Å². The third kappa shape index (κ3) is 1.85. The molecule has 5 nitrogen and oxygen atoms in total. The van der Waals surface area contributed by atoms with Crippen molar-refractivity contribution in [1.29, 1.82) is 0 Å². The Morgan fingerprint density at radius 1 is 1.00 bits per heavy atom. The molecule has 0 bridgehead atoms. The first-order valence-corrected chi connectivity index (χ1v) is 7.34. The molecule has 7 heteroatoms. The van der Waals surface area contributed by atoms with Gasteiger partial charge in [0.15, 0.2) is 5.78 Å². The summed E-state index contributed by atoms with van der Waals surface area (Å²) < 4.78 is 38.3. The second-order valence-electron chi connectivity index (χ2n) is 4.55. The molecule has 0 fully saturated rings. The lowest BCUT2D eigenvalue weighted by atomic mass is 10.0. The van der Waals surface area contributed by atoms with Crippen molar-refractivity contribution < 1.29 is 22.4 Å². The van der Waals surface area contributed by atoms with Gasteiger partial charge in [0.05, 0.1) is 9.79 Å². The molecule has 2 aromatic rings. The number of hydrogen-bond acceptors (Lipinski definition) is 4. The zero-order chi connectivity index (χ0) is 15.4. The molecule has 1 heterocycles. The number of benzene rings is 2. The van der Waals surface area contributed by atoms with E-state index in [-0.39, 0.29) is 26.5 Å². The maximum Gasteiger partial charge on any atom is 0.248 e. The Morgan fingerprint density at radius 2 is 1.71 bits per heavy atom. The maximum absolute atomic E-state index is 13.3. The lowest BCUT2D eigenvalue weighted by Crippen LogP contribution is -2.22. The summed E-state index contributed by atoms with van der Waals surface area (Å²) in [6.45, 7) is 0. The molecule has 0 radical (unpaired) electrons. The Bertz CT molecular complexity index is 919. The molecule has 0 aromatic heterocycles. The molecule has 2 N–H and O–H groups in total. The van der Waals surface area contributed by atoms with Gasteiger partial charge in [-0.2, -0.15) is 0 Å². The van der Waals surface area contributed by atoms with E-state index in [4.69, 9.17) is 5.73 Å². The minimum atomic E-state index is -4.00. The van der Waals surface area contributed by atoms with E-state index in [1.54, 1.807) is 0 Å². The molecule has 0 aliphatic carbocycles. The van der Waals surface area contributed by atoms with Crippen molar-refractivity contribution in [2.24, 2.45) is 5.73 Å². The normalized spacial score (nSPS) is 15.2. The van der Waals surface area contributed by atoms with Crippen molar-refractivity contribution in [2.45, 2.75) is 9.79 Å². The molecular weight excluding hydrogens is 297 g/mol. The van der Waals surface area contributed by atoms with E-state index in [1.165, 1.54) is 12.1 Å². The summed E-state index contributed by atoms with van der Waals surface area (Å²) in [5.74, 6) is -2.11. The number of carbonyl (C=O) groups excluding carboxylic acids is 2. The molecule has 0 spiro atoms. The van der Waals surface area contributed by atoms with Crippen LogP contribution in [0, 0.1) is 5.82 Å². The van der Waals surface area contributed by atoms with Crippen molar-refractivity contribution >= 4 is 21.5 Å². The van der Waals surface area contributed by atoms with Gasteiger partial charge in [0.2, 0.25) is 15.7 Å². The average molecular weight is 305 g/mol. The van der Waals surface area contributed by atoms with Gasteiger partial charge in [0.1, 0.15) is 5.82 Å². The third-order valence-electron chi connectivity index (χ3n) is 3.28. The van der Waals surface area contributed by atoms with E-state index in [1.807, 2.05) is 0 Å². The molecule has 21 heavy (non-hydrogen) atoms. The Labute approximate surface area is 119 Å². The molecule has 0 saturated carbocycles. The van der Waals surface area contributed by atoms with E-state index in [2.05, 4.69) is 0 Å². The standard InChI is InChI=1S/C14H8FNO4S/c15-8-2-4-11-10(6-8)13(17)9-3-1-7(14(16)18)5-12(9)21(11,19)20/h1-6H,(H2,16,18). The van der Waals surface area contributed by atoms with E-state index in [0.29, 0.717) is 0 Å². The van der Waals surface area contributed by atoms with Gasteiger partial charge in [-0.05, 0) is 36.4 Å². The molecule has 1 aliphatic heterocycles. The second-order valence-corrected chi connectivity index (χ2v) is 6.43. The van der Waals surface area contributed by atoms with Crippen LogP contribution in [0.1, 0.15) is 26.3 Å². The predicted molar refractivity (Wildman–Crippen MR) is 70.2 cm³/mol. The topological polar surface area (TPSA) is 94.3 Å². The molecule has 1 aliphatic rings. The predicted octanol–water partition coefficient (Wildman–Crippen LogP) is 1.30. The summed E-state index contributed by atoms with van der Waals surface area (Å²) in [4.78, 5) is 22.9. The Balaban J connectivity index is 2.37. The average Bonchev–Trinajstić information content (AvgIpc) is 2.44. The van der Waals surface area contributed by atoms with Crippen LogP contribution in [0.15, 0.2) is 46.2 Å². The summed E-state index contributed by atoms with van der Waals surface area (Å²) in [7, 11) is -4.00. The van der Waals surface area contributed by atoms with Crippen LogP contribution in [-0.2, 0) is 9.84 Å². The van der Waals surface area contributed by atoms with Gasteiger partial charge in [-0.15, -0.1) is 0 Å². The number of halogens is 1. The van der Waals surface area contributed by atoms with Crippen LogP contribution in [0.2, 0.25) is 0 Å². The SMILES string of the molecule is NC(=O)c1ccc2c(c1)S(=O)(=O)c1ccc(F)cc1C2=O. The number of rotatable bonds is 1. The van der Waals surface area contributed by atoms with Crippen molar-refractivity contribution in [3.63, 3.8) is 0 Å². The van der Waals surface area contributed by atoms with E-state index >= 15 is 0 Å². The van der Waals surface area contributed by atoms with Crippen molar-refractivity contribution in [1.82, 2.24) is 0 Å². The third-order valence-corrected chi connectivity index (χ3v) is 5.13. The number of amides is 1. The first-order valence-electron chi connectivity index (χ1n) is 5.85. The van der Waals surface area contributed by atoms with Crippen LogP contribution in [-0.4, -0.2) is 20.1 Å². The molecular formula is C14H8FNO4S. The molecule has 0 atom stereocenters. The van der Waals surface area contributed by atoms with Gasteiger partial charge < -0.3 is 5.73 Å². The number of nitrogens with two attached hydrogens (primary N) is 1. The van der Waals surface area contributed by atoms with E-state index < -0.39 is 27.3 Å². The van der Waals surface area contributed by atoms with Gasteiger partial charge in [0, 0.05) is 16.7 Å². The fraction of sp³-hybridized carbons (Fsp3) is 0. The fourth-order valence-electron chi connectivity index (χ4n) is 2.26. The van der Waals surface area contributed by atoms with Crippen molar-refractivity contribution in [3.05, 3.63) is 58.9 Å². The van der Waals surface area contributed by atoms with Gasteiger partial charge in [-0.3, -0.25) is 9.59 Å². The van der Waals surface area contributed by atoms with Crippen molar-refractivity contribution in [2.75, 3.05) is 0 Å². The first-order chi connectivity index (χ1) is 9.82. The summed E-state index contributed by atoms with van der Waals surface area (Å²) in [6.07, 6.45) is 0. The summed E-state index contributed by atoms with van der Waals surface area (Å²) in [5, 5.41) is 0. The first kappa shape index (κ1) is 13.4. The van der Waals surface area contributed by atoms with E-state index in [9.17, 15) is 22.4 Å². The lowest BCUT2D eigenvalue weighted by Gasteiger charge is -2.19. The highest BCUT2D eigenvalue weighted by atomic mass is 32.2. The number of primary amides is 1. The number of carbonyl (C=O) groups is 2. The highest BCUT2D eigenvalue weighted by Gasteiger charge is 2.35. The second kappa shape index (κ2) is 4.23. The smallest absolute Gasteiger partial charge is 0.248 e. The highest BCUT2D eigenvalue weighted by Crippen LogP contribution is 2.35. The minimum absolute atomic E-state index is 0.0179. The van der Waals surface area contributed by atoms with Gasteiger partial charge >= 0.3 is 0 Å². The molecule has 1 amide bonds. The molecule has 106 valence electrons. The van der Waals surface area contributed by atoms with Crippen molar-refractivity contribution in [3.8, 4) is 0 Å². The zero-order valence-electron chi connectivity index (χ0n) is 10.5. The zero-order valence-corrected chi connectivity index (χ0v) is 11.3. The summed E-state index contributed by atoms with van der Waals surface area (Å²) in [5.41, 5.74) is 4.79. The van der Waals surface area contributed by atoms with Gasteiger partial charge in [-0.1, -0.05) is 0 Å². The fourth-order valence-corrected chi connectivity index (χ4v) is 3.92. The lowest BCUT2D eigenvalue weighted by molar-refractivity contribution is 0.0995.